The van der Waals surface area contributed by atoms with E-state index in [1.54, 1.807) is 6.92 Å². The molecule has 0 bridgehead atoms. The normalized spacial score (nSPS) is 9.67. The summed E-state index contributed by atoms with van der Waals surface area (Å²) in [7, 11) is 0. The molecule has 0 aliphatic carbocycles. The van der Waals surface area contributed by atoms with Crippen LogP contribution in [0.2, 0.25) is 0 Å². The van der Waals surface area contributed by atoms with Crippen LogP contribution in [0.5, 0.6) is 0 Å². The van der Waals surface area contributed by atoms with Crippen molar-refractivity contribution in [1.82, 2.24) is 0 Å². The number of carbonyl (C=O) groups excluding carboxylic acids is 1. The molecule has 0 N–H and O–H groups in total. The van der Waals surface area contributed by atoms with Crippen LogP contribution in [-0.4, -0.2) is 12.1 Å². The number of aliphatic imine (C=N–C) groups is 1. The highest BCUT2D eigenvalue weighted by Gasteiger charge is 1.87. The van der Waals surface area contributed by atoms with E-state index in [2.05, 4.69) is 4.99 Å². The van der Waals surface area contributed by atoms with E-state index in [0.717, 1.165) is 5.57 Å². The fraction of sp³-hybridized carbons (Fsp3) is 0.429. The number of hydrogen-bond acceptors (Lipinski definition) is 1. The van der Waals surface area contributed by atoms with Crippen LogP contribution in [-0.2, 0) is 4.79 Å². The number of allylic oxidation sites excluding steroid dienone is 1. The van der Waals surface area contributed by atoms with Crippen molar-refractivity contribution in [3.8, 4) is 0 Å². The Bertz CT molecular complexity index is 152. The molecule has 2 nitrogen and oxygen atoms in total. The molecule has 0 fully saturated rings. The Morgan fingerprint density at radius 3 is 2.33 bits per heavy atom. The molecular weight excluding hydrogens is 114 g/mol. The van der Waals surface area contributed by atoms with Crippen molar-refractivity contribution in [2.24, 2.45) is 4.99 Å². The van der Waals surface area contributed by atoms with Gasteiger partial charge in [-0.1, -0.05) is 5.57 Å². The maximum Gasteiger partial charge on any atom is 0.269 e. The maximum absolute atomic E-state index is 10.6. The second-order valence-corrected chi connectivity index (χ2v) is 1.95. The van der Waals surface area contributed by atoms with Gasteiger partial charge in [0, 0.05) is 12.3 Å². The highest BCUT2D eigenvalue weighted by atomic mass is 16.1. The fourth-order valence-corrected chi connectivity index (χ4v) is 0.411. The smallest absolute Gasteiger partial charge is 0.268 e. The van der Waals surface area contributed by atoms with Gasteiger partial charge < -0.3 is 0 Å². The Balaban J connectivity index is 3.93. The third-order valence-corrected chi connectivity index (χ3v) is 0.668. The minimum Gasteiger partial charge on any atom is -0.268 e. The zero-order chi connectivity index (χ0) is 7.28. The van der Waals surface area contributed by atoms with Crippen LogP contribution in [0.4, 0.5) is 0 Å². The first-order valence-corrected chi connectivity index (χ1v) is 2.84. The Morgan fingerprint density at radius 1 is 1.44 bits per heavy atom. The summed E-state index contributed by atoms with van der Waals surface area (Å²) < 4.78 is 0. The van der Waals surface area contributed by atoms with E-state index in [4.69, 9.17) is 0 Å². The highest BCUT2D eigenvalue weighted by molar-refractivity contribution is 5.93. The molecule has 0 saturated heterocycles. The van der Waals surface area contributed by atoms with Crippen LogP contribution in [0.3, 0.4) is 0 Å². The third kappa shape index (κ3) is 4.94. The minimum atomic E-state index is -0.183. The van der Waals surface area contributed by atoms with Gasteiger partial charge in [-0.15, -0.1) is 0 Å². The van der Waals surface area contributed by atoms with Gasteiger partial charge in [0.25, 0.3) is 5.91 Å². The van der Waals surface area contributed by atoms with Crippen molar-refractivity contribution in [3.05, 3.63) is 11.6 Å². The first kappa shape index (κ1) is 8.08. The van der Waals surface area contributed by atoms with Crippen LogP contribution < -0.4 is 0 Å². The topological polar surface area (TPSA) is 29.4 Å². The van der Waals surface area contributed by atoms with Gasteiger partial charge >= 0.3 is 0 Å². The zero-order valence-electron chi connectivity index (χ0n) is 6.01. The quantitative estimate of drug-likeness (QED) is 0.386. The average Bonchev–Trinajstić information content (AvgIpc) is 1.63. The number of hydrogen-bond donors (Lipinski definition) is 0. The van der Waals surface area contributed by atoms with E-state index >= 15 is 0 Å². The third-order valence-electron chi connectivity index (χ3n) is 0.668. The zero-order valence-corrected chi connectivity index (χ0v) is 6.01. The lowest BCUT2D eigenvalue weighted by molar-refractivity contribution is -0.113. The van der Waals surface area contributed by atoms with Crippen molar-refractivity contribution < 1.29 is 4.79 Å². The lowest BCUT2D eigenvalue weighted by Crippen LogP contribution is -1.86. The van der Waals surface area contributed by atoms with Gasteiger partial charge in [-0.3, -0.25) is 4.79 Å². The first-order valence-electron chi connectivity index (χ1n) is 2.84. The number of nitrogens with zero attached hydrogens (tertiary/aromatic N) is 1. The molecule has 0 aliphatic heterocycles. The molecule has 0 unspecified atom stereocenters. The predicted octanol–water partition coefficient (Wildman–Crippen LogP) is 1.57. The second-order valence-electron chi connectivity index (χ2n) is 1.95. The van der Waals surface area contributed by atoms with Crippen LogP contribution >= 0.6 is 0 Å². The molecule has 0 rings (SSSR count). The Labute approximate surface area is 55.3 Å². The van der Waals surface area contributed by atoms with Gasteiger partial charge in [-0.2, -0.15) is 0 Å². The SMILES string of the molecule is CC=NC(=O)C=C(C)C. The molecule has 0 aromatic rings. The lowest BCUT2D eigenvalue weighted by atomic mass is 10.3. The molecule has 9 heavy (non-hydrogen) atoms. The molecule has 0 aromatic carbocycles. The Hall–Kier alpha value is -0.920. The van der Waals surface area contributed by atoms with Crippen molar-refractivity contribution in [1.29, 1.82) is 0 Å². The molecular formula is C7H11NO. The summed E-state index contributed by atoms with van der Waals surface area (Å²) in [5.41, 5.74) is 0.977. The summed E-state index contributed by atoms with van der Waals surface area (Å²) in [6, 6.07) is 0. The lowest BCUT2D eigenvalue weighted by Gasteiger charge is -1.83. The summed E-state index contributed by atoms with van der Waals surface area (Å²) in [5, 5.41) is 0. The van der Waals surface area contributed by atoms with E-state index in [-0.39, 0.29) is 5.91 Å². The van der Waals surface area contributed by atoms with E-state index in [9.17, 15) is 4.79 Å². The second kappa shape index (κ2) is 4.01. The summed E-state index contributed by atoms with van der Waals surface area (Å²) in [6.07, 6.45) is 2.99. The standard InChI is InChI=1S/C7H11NO/c1-4-8-7(9)5-6(2)3/h4-5H,1-3H3. The van der Waals surface area contributed by atoms with Gasteiger partial charge in [0.2, 0.25) is 0 Å². The van der Waals surface area contributed by atoms with Gasteiger partial charge in [0.15, 0.2) is 0 Å². The Kier molecular flexibility index (Phi) is 3.60. The van der Waals surface area contributed by atoms with Gasteiger partial charge in [0.1, 0.15) is 0 Å². The molecule has 0 atom stereocenters. The summed E-state index contributed by atoms with van der Waals surface area (Å²) in [4.78, 5) is 14.1. The van der Waals surface area contributed by atoms with Crippen LogP contribution in [0, 0.1) is 0 Å². The minimum absolute atomic E-state index is 0.183. The van der Waals surface area contributed by atoms with Crippen molar-refractivity contribution in [2.75, 3.05) is 0 Å². The maximum atomic E-state index is 10.6. The predicted molar refractivity (Wildman–Crippen MR) is 38.6 cm³/mol. The van der Waals surface area contributed by atoms with Crippen LogP contribution in [0.15, 0.2) is 16.6 Å². The molecule has 50 valence electrons. The summed E-state index contributed by atoms with van der Waals surface area (Å²) >= 11 is 0. The fourth-order valence-electron chi connectivity index (χ4n) is 0.411. The molecule has 0 heterocycles. The summed E-state index contributed by atoms with van der Waals surface area (Å²) in [6.45, 7) is 5.45. The monoisotopic (exact) mass is 125 g/mol. The summed E-state index contributed by atoms with van der Waals surface area (Å²) in [5.74, 6) is -0.183. The molecule has 0 aliphatic rings. The average molecular weight is 125 g/mol. The molecule has 0 saturated carbocycles. The van der Waals surface area contributed by atoms with Gasteiger partial charge in [-0.05, 0) is 20.8 Å². The van der Waals surface area contributed by atoms with E-state index in [1.165, 1.54) is 12.3 Å². The number of amides is 1. The van der Waals surface area contributed by atoms with E-state index in [1.807, 2.05) is 13.8 Å². The Morgan fingerprint density at radius 2 is 2.00 bits per heavy atom. The molecule has 0 radical (unpaired) electrons. The molecule has 0 spiro atoms. The van der Waals surface area contributed by atoms with Crippen molar-refractivity contribution in [2.45, 2.75) is 20.8 Å². The van der Waals surface area contributed by atoms with Crippen LogP contribution in [0.1, 0.15) is 20.8 Å². The molecule has 0 aromatic heterocycles. The van der Waals surface area contributed by atoms with Crippen molar-refractivity contribution in [3.63, 3.8) is 0 Å². The van der Waals surface area contributed by atoms with E-state index in [0.29, 0.717) is 0 Å². The van der Waals surface area contributed by atoms with Gasteiger partial charge in [0.05, 0.1) is 0 Å². The largest absolute Gasteiger partial charge is 0.269 e. The van der Waals surface area contributed by atoms with Crippen molar-refractivity contribution >= 4 is 12.1 Å². The number of carbonyl (C=O) groups is 1. The van der Waals surface area contributed by atoms with E-state index < -0.39 is 0 Å². The molecule has 1 amide bonds. The van der Waals surface area contributed by atoms with Gasteiger partial charge in [-0.25, -0.2) is 4.99 Å². The number of rotatable bonds is 1. The first-order chi connectivity index (χ1) is 4.16. The van der Waals surface area contributed by atoms with Crippen LogP contribution in [0.25, 0.3) is 0 Å². The molecule has 2 heteroatoms. The highest BCUT2D eigenvalue weighted by Crippen LogP contribution is 1.88.